The minimum Gasteiger partial charge on any atom is -0.481 e. The van der Waals surface area contributed by atoms with Gasteiger partial charge in [0.2, 0.25) is 0 Å². The zero-order valence-electron chi connectivity index (χ0n) is 11.4. The molecule has 1 fully saturated rings. The summed E-state index contributed by atoms with van der Waals surface area (Å²) in [4.78, 5) is 11.3. The van der Waals surface area contributed by atoms with Crippen LogP contribution in [0.2, 0.25) is 0 Å². The smallest absolute Gasteiger partial charge is 0.308 e. The van der Waals surface area contributed by atoms with E-state index in [1.807, 2.05) is 12.1 Å². The summed E-state index contributed by atoms with van der Waals surface area (Å²) in [5.74, 6) is -0.715. The fraction of sp³-hybridized carbons (Fsp3) is 0.353. The molecule has 0 aliphatic carbocycles. The maximum absolute atomic E-state index is 11.3. The standard InChI is InChI=1S/C17H19NO2/c19-17(20)16-11-18-8-7-15(16)10-12-5-6-13-3-1-2-4-14(13)9-12/h1-6,9,15-16,18H,7-8,10-11H2,(H,19,20). The Labute approximate surface area is 118 Å². The molecule has 3 nitrogen and oxygen atoms in total. The van der Waals surface area contributed by atoms with Crippen molar-refractivity contribution in [1.82, 2.24) is 5.32 Å². The van der Waals surface area contributed by atoms with Gasteiger partial charge in [-0.1, -0.05) is 42.5 Å². The molecule has 2 aromatic carbocycles. The lowest BCUT2D eigenvalue weighted by atomic mass is 9.82. The lowest BCUT2D eigenvalue weighted by Gasteiger charge is -2.29. The van der Waals surface area contributed by atoms with Crippen LogP contribution in [0.1, 0.15) is 12.0 Å². The second-order valence-electron chi connectivity index (χ2n) is 5.58. The topological polar surface area (TPSA) is 49.3 Å². The van der Waals surface area contributed by atoms with Crippen molar-refractivity contribution in [3.63, 3.8) is 0 Å². The average molecular weight is 269 g/mol. The summed E-state index contributed by atoms with van der Waals surface area (Å²) in [6.07, 6.45) is 1.78. The first-order valence-corrected chi connectivity index (χ1v) is 7.15. The van der Waals surface area contributed by atoms with Crippen LogP contribution in [0, 0.1) is 11.8 Å². The Morgan fingerprint density at radius 2 is 2.00 bits per heavy atom. The van der Waals surface area contributed by atoms with Gasteiger partial charge in [-0.2, -0.15) is 0 Å². The van der Waals surface area contributed by atoms with Gasteiger partial charge >= 0.3 is 5.97 Å². The van der Waals surface area contributed by atoms with E-state index in [0.29, 0.717) is 6.54 Å². The number of piperidine rings is 1. The predicted octanol–water partition coefficient (Wildman–Crippen LogP) is 2.69. The van der Waals surface area contributed by atoms with Gasteiger partial charge in [-0.25, -0.2) is 0 Å². The molecule has 1 saturated heterocycles. The molecule has 0 aromatic heterocycles. The third kappa shape index (κ3) is 2.68. The molecule has 1 aliphatic rings. The van der Waals surface area contributed by atoms with Crippen LogP contribution in [0.15, 0.2) is 42.5 Å². The number of hydrogen-bond acceptors (Lipinski definition) is 2. The van der Waals surface area contributed by atoms with E-state index in [0.717, 1.165) is 19.4 Å². The van der Waals surface area contributed by atoms with Crippen molar-refractivity contribution in [3.05, 3.63) is 48.0 Å². The number of carboxylic acid groups (broad SMARTS) is 1. The van der Waals surface area contributed by atoms with Gasteiger partial charge in [-0.3, -0.25) is 4.79 Å². The highest BCUT2D eigenvalue weighted by Crippen LogP contribution is 2.25. The Bertz CT molecular complexity index is 623. The average Bonchev–Trinajstić information content (AvgIpc) is 2.47. The zero-order valence-corrected chi connectivity index (χ0v) is 11.4. The van der Waals surface area contributed by atoms with E-state index < -0.39 is 5.97 Å². The van der Waals surface area contributed by atoms with Crippen molar-refractivity contribution in [2.24, 2.45) is 11.8 Å². The molecule has 2 unspecified atom stereocenters. The molecule has 0 saturated carbocycles. The molecule has 1 aliphatic heterocycles. The van der Waals surface area contributed by atoms with Gasteiger partial charge in [0.25, 0.3) is 0 Å². The Hall–Kier alpha value is -1.87. The van der Waals surface area contributed by atoms with E-state index in [-0.39, 0.29) is 11.8 Å². The third-order valence-corrected chi connectivity index (χ3v) is 4.25. The monoisotopic (exact) mass is 269 g/mol. The molecule has 2 aromatic rings. The number of benzene rings is 2. The van der Waals surface area contributed by atoms with Gasteiger partial charge < -0.3 is 10.4 Å². The van der Waals surface area contributed by atoms with Crippen molar-refractivity contribution < 1.29 is 9.90 Å². The minimum atomic E-state index is -0.678. The summed E-state index contributed by atoms with van der Waals surface area (Å²) in [6, 6.07) is 14.7. The maximum Gasteiger partial charge on any atom is 0.308 e. The summed E-state index contributed by atoms with van der Waals surface area (Å²) < 4.78 is 0. The van der Waals surface area contributed by atoms with Gasteiger partial charge in [0, 0.05) is 6.54 Å². The summed E-state index contributed by atoms with van der Waals surface area (Å²) in [5.41, 5.74) is 1.24. The van der Waals surface area contributed by atoms with E-state index in [1.165, 1.54) is 16.3 Å². The van der Waals surface area contributed by atoms with Gasteiger partial charge in [0.15, 0.2) is 0 Å². The molecule has 0 bridgehead atoms. The highest BCUT2D eigenvalue weighted by Gasteiger charge is 2.30. The Balaban J connectivity index is 1.82. The van der Waals surface area contributed by atoms with Gasteiger partial charge in [-0.15, -0.1) is 0 Å². The number of aliphatic carboxylic acids is 1. The first kappa shape index (κ1) is 13.1. The Kier molecular flexibility index (Phi) is 3.70. The lowest BCUT2D eigenvalue weighted by molar-refractivity contribution is -0.144. The van der Waals surface area contributed by atoms with E-state index >= 15 is 0 Å². The van der Waals surface area contributed by atoms with Crippen molar-refractivity contribution in [3.8, 4) is 0 Å². The molecule has 2 N–H and O–H groups in total. The summed E-state index contributed by atoms with van der Waals surface area (Å²) in [5, 5.41) is 15.0. The second kappa shape index (κ2) is 5.63. The largest absolute Gasteiger partial charge is 0.481 e. The van der Waals surface area contributed by atoms with Gasteiger partial charge in [-0.05, 0) is 41.6 Å². The highest BCUT2D eigenvalue weighted by molar-refractivity contribution is 5.83. The van der Waals surface area contributed by atoms with E-state index in [9.17, 15) is 9.90 Å². The minimum absolute atomic E-state index is 0.231. The number of nitrogens with one attached hydrogen (secondary N) is 1. The fourth-order valence-corrected chi connectivity index (χ4v) is 3.11. The quantitative estimate of drug-likeness (QED) is 0.900. The lowest BCUT2D eigenvalue weighted by Crippen LogP contribution is -2.41. The van der Waals surface area contributed by atoms with Gasteiger partial charge in [0.1, 0.15) is 0 Å². The first-order chi connectivity index (χ1) is 9.74. The number of carbonyl (C=O) groups is 1. The van der Waals surface area contributed by atoms with Crippen molar-refractivity contribution in [2.75, 3.05) is 13.1 Å². The molecular weight excluding hydrogens is 250 g/mol. The highest BCUT2D eigenvalue weighted by atomic mass is 16.4. The molecule has 2 atom stereocenters. The molecule has 0 spiro atoms. The molecule has 3 heteroatoms. The van der Waals surface area contributed by atoms with Crippen LogP contribution in [-0.2, 0) is 11.2 Å². The molecule has 104 valence electrons. The van der Waals surface area contributed by atoms with E-state index in [4.69, 9.17) is 0 Å². The molecule has 3 rings (SSSR count). The fourth-order valence-electron chi connectivity index (χ4n) is 3.11. The maximum atomic E-state index is 11.3. The molecule has 1 heterocycles. The normalized spacial score (nSPS) is 22.8. The number of fused-ring (bicyclic) bond motifs is 1. The Morgan fingerprint density at radius 3 is 2.80 bits per heavy atom. The molecule has 0 amide bonds. The summed E-state index contributed by atoms with van der Waals surface area (Å²) in [7, 11) is 0. The predicted molar refractivity (Wildman–Crippen MR) is 79.8 cm³/mol. The molecule has 0 radical (unpaired) electrons. The third-order valence-electron chi connectivity index (χ3n) is 4.25. The SMILES string of the molecule is O=C(O)C1CNCCC1Cc1ccc2ccccc2c1. The van der Waals surface area contributed by atoms with Crippen LogP contribution in [-0.4, -0.2) is 24.2 Å². The number of hydrogen-bond donors (Lipinski definition) is 2. The Morgan fingerprint density at radius 1 is 1.20 bits per heavy atom. The molecular formula is C17H19NO2. The van der Waals surface area contributed by atoms with Crippen LogP contribution < -0.4 is 5.32 Å². The van der Waals surface area contributed by atoms with Crippen molar-refractivity contribution in [2.45, 2.75) is 12.8 Å². The number of carboxylic acids is 1. The van der Waals surface area contributed by atoms with Crippen molar-refractivity contribution >= 4 is 16.7 Å². The molecule has 20 heavy (non-hydrogen) atoms. The van der Waals surface area contributed by atoms with Crippen LogP contribution >= 0.6 is 0 Å². The second-order valence-corrected chi connectivity index (χ2v) is 5.58. The van der Waals surface area contributed by atoms with Crippen LogP contribution in [0.4, 0.5) is 0 Å². The first-order valence-electron chi connectivity index (χ1n) is 7.15. The summed E-state index contributed by atoms with van der Waals surface area (Å²) >= 11 is 0. The zero-order chi connectivity index (χ0) is 13.9. The van der Waals surface area contributed by atoms with Crippen LogP contribution in [0.25, 0.3) is 10.8 Å². The summed E-state index contributed by atoms with van der Waals surface area (Å²) in [6.45, 7) is 1.51. The van der Waals surface area contributed by atoms with Gasteiger partial charge in [0.05, 0.1) is 5.92 Å². The van der Waals surface area contributed by atoms with E-state index in [1.54, 1.807) is 0 Å². The van der Waals surface area contributed by atoms with Crippen molar-refractivity contribution in [1.29, 1.82) is 0 Å². The van der Waals surface area contributed by atoms with E-state index in [2.05, 4.69) is 35.6 Å². The number of rotatable bonds is 3. The van der Waals surface area contributed by atoms with Crippen LogP contribution in [0.5, 0.6) is 0 Å². The van der Waals surface area contributed by atoms with Crippen LogP contribution in [0.3, 0.4) is 0 Å².